The topological polar surface area (TPSA) is 29.5 Å². The molecule has 0 radical (unpaired) electrons. The van der Waals surface area contributed by atoms with Crippen molar-refractivity contribution in [2.75, 3.05) is 32.1 Å². The smallest absolute Gasteiger partial charge is 0.223 e. The van der Waals surface area contributed by atoms with E-state index < -0.39 is 0 Å². The first-order valence-corrected chi connectivity index (χ1v) is 7.67. The second kappa shape index (κ2) is 9.10. The zero-order chi connectivity index (χ0) is 14.1. The van der Waals surface area contributed by atoms with Crippen LogP contribution in [0.3, 0.4) is 0 Å². The molecule has 0 saturated heterocycles. The summed E-state index contributed by atoms with van der Waals surface area (Å²) in [4.78, 5) is 14.0. The molecule has 0 unspecified atom stereocenters. The van der Waals surface area contributed by atoms with E-state index in [1.165, 1.54) is 11.1 Å². The highest BCUT2D eigenvalue weighted by atomic mass is 79.9. The van der Waals surface area contributed by atoms with Crippen molar-refractivity contribution in [3.8, 4) is 0 Å². The minimum atomic E-state index is 0.192. The lowest BCUT2D eigenvalue weighted by molar-refractivity contribution is -0.131. The van der Waals surface area contributed by atoms with Gasteiger partial charge in [0.05, 0.1) is 6.61 Å². The highest BCUT2D eigenvalue weighted by Gasteiger charge is 2.12. The van der Waals surface area contributed by atoms with Gasteiger partial charge in [-0.25, -0.2) is 0 Å². The van der Waals surface area contributed by atoms with Gasteiger partial charge in [0.15, 0.2) is 0 Å². The van der Waals surface area contributed by atoms with Crippen LogP contribution in [-0.2, 0) is 16.0 Å². The molecule has 1 aromatic rings. The van der Waals surface area contributed by atoms with Crippen LogP contribution in [0.15, 0.2) is 24.3 Å². The average molecular weight is 328 g/mol. The van der Waals surface area contributed by atoms with E-state index >= 15 is 0 Å². The molecule has 0 aromatic heterocycles. The monoisotopic (exact) mass is 327 g/mol. The predicted molar refractivity (Wildman–Crippen MR) is 81.8 cm³/mol. The van der Waals surface area contributed by atoms with Crippen molar-refractivity contribution in [1.82, 2.24) is 4.90 Å². The normalized spacial score (nSPS) is 10.5. The number of carbonyl (C=O) groups excluding carboxylic acids is 1. The van der Waals surface area contributed by atoms with E-state index in [1.807, 2.05) is 4.90 Å². The van der Waals surface area contributed by atoms with Gasteiger partial charge < -0.3 is 9.64 Å². The lowest BCUT2D eigenvalue weighted by atomic mass is 10.1. The summed E-state index contributed by atoms with van der Waals surface area (Å²) < 4.78 is 5.04. The third-order valence-electron chi connectivity index (χ3n) is 3.02. The molecule has 1 amide bonds. The fourth-order valence-corrected chi connectivity index (χ4v) is 2.26. The van der Waals surface area contributed by atoms with E-state index in [2.05, 4.69) is 47.1 Å². The summed E-state index contributed by atoms with van der Waals surface area (Å²) >= 11 is 3.38. The molecule has 0 N–H and O–H groups in total. The number of carbonyl (C=O) groups is 1. The van der Waals surface area contributed by atoms with Gasteiger partial charge in [0, 0.05) is 32.0 Å². The van der Waals surface area contributed by atoms with Crippen LogP contribution >= 0.6 is 15.9 Å². The second-order valence-corrected chi connectivity index (χ2v) is 5.34. The second-order valence-electron chi connectivity index (χ2n) is 4.55. The minimum absolute atomic E-state index is 0.192. The first kappa shape index (κ1) is 16.2. The van der Waals surface area contributed by atoms with E-state index in [-0.39, 0.29) is 5.91 Å². The van der Waals surface area contributed by atoms with Crippen molar-refractivity contribution in [2.24, 2.45) is 0 Å². The van der Waals surface area contributed by atoms with Gasteiger partial charge >= 0.3 is 0 Å². The summed E-state index contributed by atoms with van der Waals surface area (Å²) in [5.41, 5.74) is 2.46. The highest BCUT2D eigenvalue weighted by molar-refractivity contribution is 9.09. The van der Waals surface area contributed by atoms with E-state index in [0.717, 1.165) is 18.3 Å². The Labute approximate surface area is 124 Å². The SMILES string of the molecule is COCCN(CCBr)C(=O)CCc1ccc(C)cc1. The van der Waals surface area contributed by atoms with Gasteiger partial charge in [-0.3, -0.25) is 4.79 Å². The van der Waals surface area contributed by atoms with Gasteiger partial charge in [-0.15, -0.1) is 0 Å². The van der Waals surface area contributed by atoms with Gasteiger partial charge in [-0.2, -0.15) is 0 Å². The molecule has 0 fully saturated rings. The van der Waals surface area contributed by atoms with Crippen molar-refractivity contribution >= 4 is 21.8 Å². The van der Waals surface area contributed by atoms with E-state index in [4.69, 9.17) is 4.74 Å². The molecule has 0 spiro atoms. The number of aryl methyl sites for hydroxylation is 2. The van der Waals surface area contributed by atoms with Crippen LogP contribution in [0.5, 0.6) is 0 Å². The zero-order valence-electron chi connectivity index (χ0n) is 11.7. The number of methoxy groups -OCH3 is 1. The third-order valence-corrected chi connectivity index (χ3v) is 3.38. The number of hydrogen-bond donors (Lipinski definition) is 0. The molecule has 0 aliphatic rings. The number of nitrogens with zero attached hydrogens (tertiary/aromatic N) is 1. The lowest BCUT2D eigenvalue weighted by Crippen LogP contribution is -2.35. The molecule has 19 heavy (non-hydrogen) atoms. The van der Waals surface area contributed by atoms with Crippen molar-refractivity contribution in [3.63, 3.8) is 0 Å². The standard InChI is InChI=1S/C15H22BrNO2/c1-13-3-5-14(6-4-13)7-8-15(18)17(10-9-16)11-12-19-2/h3-6H,7-12H2,1-2H3. The summed E-state index contributed by atoms with van der Waals surface area (Å²) in [5.74, 6) is 0.192. The van der Waals surface area contributed by atoms with Crippen LogP contribution in [0, 0.1) is 6.92 Å². The first-order valence-electron chi connectivity index (χ1n) is 6.55. The molecule has 0 heterocycles. The molecule has 1 aromatic carbocycles. The fraction of sp³-hybridized carbons (Fsp3) is 0.533. The van der Waals surface area contributed by atoms with Crippen molar-refractivity contribution in [3.05, 3.63) is 35.4 Å². The first-order chi connectivity index (χ1) is 9.17. The molecule has 4 heteroatoms. The number of halogens is 1. The summed E-state index contributed by atoms with van der Waals surface area (Å²) in [6, 6.07) is 8.35. The molecular weight excluding hydrogens is 306 g/mol. The Morgan fingerprint density at radius 1 is 1.26 bits per heavy atom. The molecule has 0 atom stereocenters. The number of amides is 1. The molecule has 0 saturated carbocycles. The number of ether oxygens (including phenoxy) is 1. The summed E-state index contributed by atoms with van der Waals surface area (Å²) in [6.07, 6.45) is 1.35. The number of alkyl halides is 1. The maximum atomic E-state index is 12.1. The van der Waals surface area contributed by atoms with Crippen molar-refractivity contribution < 1.29 is 9.53 Å². The predicted octanol–water partition coefficient (Wildman–Crippen LogP) is 2.80. The quantitative estimate of drug-likeness (QED) is 0.687. The van der Waals surface area contributed by atoms with E-state index in [0.29, 0.717) is 19.6 Å². The number of benzene rings is 1. The van der Waals surface area contributed by atoms with Crippen LogP contribution < -0.4 is 0 Å². The maximum absolute atomic E-state index is 12.1. The molecule has 0 aliphatic carbocycles. The van der Waals surface area contributed by atoms with Gasteiger partial charge in [0.1, 0.15) is 0 Å². The van der Waals surface area contributed by atoms with Crippen LogP contribution in [0.25, 0.3) is 0 Å². The zero-order valence-corrected chi connectivity index (χ0v) is 13.3. The van der Waals surface area contributed by atoms with E-state index in [1.54, 1.807) is 7.11 Å². The van der Waals surface area contributed by atoms with Crippen LogP contribution in [0.4, 0.5) is 0 Å². The number of hydrogen-bond acceptors (Lipinski definition) is 2. The largest absolute Gasteiger partial charge is 0.383 e. The Morgan fingerprint density at radius 3 is 2.53 bits per heavy atom. The van der Waals surface area contributed by atoms with Gasteiger partial charge in [-0.05, 0) is 18.9 Å². The Morgan fingerprint density at radius 2 is 1.95 bits per heavy atom. The summed E-state index contributed by atoms with van der Waals surface area (Å²) in [5, 5.41) is 0.799. The molecule has 0 bridgehead atoms. The Balaban J connectivity index is 2.44. The molecule has 1 rings (SSSR count). The van der Waals surface area contributed by atoms with Crippen LogP contribution in [0.1, 0.15) is 17.5 Å². The summed E-state index contributed by atoms with van der Waals surface area (Å²) in [7, 11) is 1.66. The Kier molecular flexibility index (Phi) is 7.75. The van der Waals surface area contributed by atoms with Crippen LogP contribution in [0.2, 0.25) is 0 Å². The third kappa shape index (κ3) is 6.21. The van der Waals surface area contributed by atoms with Crippen LogP contribution in [-0.4, -0.2) is 42.9 Å². The van der Waals surface area contributed by atoms with Gasteiger partial charge in [0.2, 0.25) is 5.91 Å². The number of rotatable bonds is 8. The summed E-state index contributed by atoms with van der Waals surface area (Å²) in [6.45, 7) is 4.05. The minimum Gasteiger partial charge on any atom is -0.383 e. The van der Waals surface area contributed by atoms with Crippen molar-refractivity contribution in [2.45, 2.75) is 19.8 Å². The Hall–Kier alpha value is -0.870. The van der Waals surface area contributed by atoms with Gasteiger partial charge in [-0.1, -0.05) is 45.8 Å². The fourth-order valence-electron chi connectivity index (χ4n) is 1.83. The maximum Gasteiger partial charge on any atom is 0.223 e. The molecule has 0 aliphatic heterocycles. The Bertz CT molecular complexity index is 378. The molecular formula is C15H22BrNO2. The highest BCUT2D eigenvalue weighted by Crippen LogP contribution is 2.07. The van der Waals surface area contributed by atoms with Crippen molar-refractivity contribution in [1.29, 1.82) is 0 Å². The lowest BCUT2D eigenvalue weighted by Gasteiger charge is -2.21. The molecule has 106 valence electrons. The molecule has 3 nitrogen and oxygen atoms in total. The van der Waals surface area contributed by atoms with E-state index in [9.17, 15) is 4.79 Å². The van der Waals surface area contributed by atoms with Gasteiger partial charge in [0.25, 0.3) is 0 Å². The average Bonchev–Trinajstić information content (AvgIpc) is 2.42.